The summed E-state index contributed by atoms with van der Waals surface area (Å²) in [5, 5.41) is 1.50. The summed E-state index contributed by atoms with van der Waals surface area (Å²) in [7, 11) is 1.68. The van der Waals surface area contributed by atoms with Gasteiger partial charge in [-0.1, -0.05) is 13.8 Å². The number of carbonyl (C=O) groups excluding carboxylic acids is 1. The molecule has 1 rings (SSSR count). The highest BCUT2D eigenvalue weighted by Gasteiger charge is 2.29. The molecule has 0 aromatic heterocycles. The largest absolute Gasteiger partial charge is 0.385 e. The molecule has 88 valence electrons. The zero-order valence-corrected chi connectivity index (χ0v) is 11.3. The van der Waals surface area contributed by atoms with Gasteiger partial charge in [0.2, 0.25) is 0 Å². The van der Waals surface area contributed by atoms with Crippen LogP contribution in [0.25, 0.3) is 0 Å². The Kier molecular flexibility index (Phi) is 6.09. The SMILES string of the molecule is COCCCC(=O)C1CSC(C)C(C)S1. The molecule has 15 heavy (non-hydrogen) atoms. The van der Waals surface area contributed by atoms with E-state index < -0.39 is 0 Å². The first-order chi connectivity index (χ1) is 7.15. The number of rotatable bonds is 5. The fraction of sp³-hybridized carbons (Fsp3) is 0.909. The summed E-state index contributed by atoms with van der Waals surface area (Å²) >= 11 is 3.78. The van der Waals surface area contributed by atoms with E-state index in [9.17, 15) is 4.79 Å². The number of ketones is 1. The maximum atomic E-state index is 11.8. The third-order valence-corrected chi connectivity index (χ3v) is 6.12. The lowest BCUT2D eigenvalue weighted by Crippen LogP contribution is -2.31. The van der Waals surface area contributed by atoms with Crippen LogP contribution in [0.1, 0.15) is 26.7 Å². The zero-order valence-electron chi connectivity index (χ0n) is 9.69. The van der Waals surface area contributed by atoms with Gasteiger partial charge in [0.15, 0.2) is 0 Å². The summed E-state index contributed by atoms with van der Waals surface area (Å²) in [5.74, 6) is 1.39. The molecule has 3 atom stereocenters. The van der Waals surface area contributed by atoms with Gasteiger partial charge < -0.3 is 4.74 Å². The van der Waals surface area contributed by atoms with Crippen LogP contribution in [0, 0.1) is 0 Å². The van der Waals surface area contributed by atoms with Gasteiger partial charge >= 0.3 is 0 Å². The first-order valence-electron chi connectivity index (χ1n) is 5.44. The average molecular weight is 248 g/mol. The highest BCUT2D eigenvalue weighted by Crippen LogP contribution is 2.36. The van der Waals surface area contributed by atoms with Crippen molar-refractivity contribution in [3.8, 4) is 0 Å². The molecule has 2 nitrogen and oxygen atoms in total. The Morgan fingerprint density at radius 2 is 2.13 bits per heavy atom. The van der Waals surface area contributed by atoms with Crippen LogP contribution in [0.5, 0.6) is 0 Å². The molecule has 1 heterocycles. The Hall–Kier alpha value is 0.330. The molecule has 0 aliphatic carbocycles. The van der Waals surface area contributed by atoms with Crippen LogP contribution < -0.4 is 0 Å². The summed E-state index contributed by atoms with van der Waals surface area (Å²) in [5.41, 5.74) is 0. The van der Waals surface area contributed by atoms with Crippen molar-refractivity contribution in [3.05, 3.63) is 0 Å². The Morgan fingerprint density at radius 1 is 1.40 bits per heavy atom. The Morgan fingerprint density at radius 3 is 2.73 bits per heavy atom. The van der Waals surface area contributed by atoms with Crippen LogP contribution in [-0.4, -0.2) is 41.0 Å². The summed E-state index contributed by atoms with van der Waals surface area (Å²) in [6, 6.07) is 0. The minimum Gasteiger partial charge on any atom is -0.385 e. The molecule has 0 saturated carbocycles. The minimum atomic E-state index is 0.220. The van der Waals surface area contributed by atoms with Gasteiger partial charge in [0.05, 0.1) is 5.25 Å². The van der Waals surface area contributed by atoms with Gasteiger partial charge in [-0.05, 0) is 6.42 Å². The van der Waals surface area contributed by atoms with Gasteiger partial charge in [-0.25, -0.2) is 0 Å². The van der Waals surface area contributed by atoms with Crippen molar-refractivity contribution in [2.45, 2.75) is 42.4 Å². The van der Waals surface area contributed by atoms with E-state index in [-0.39, 0.29) is 5.25 Å². The van der Waals surface area contributed by atoms with Gasteiger partial charge in [-0.3, -0.25) is 4.79 Å². The van der Waals surface area contributed by atoms with Crippen molar-refractivity contribution in [1.82, 2.24) is 0 Å². The Balaban J connectivity index is 2.28. The van der Waals surface area contributed by atoms with E-state index in [1.807, 2.05) is 23.5 Å². The molecule has 1 aliphatic heterocycles. The molecule has 1 saturated heterocycles. The Labute approximate surface area is 101 Å². The van der Waals surface area contributed by atoms with E-state index in [0.717, 1.165) is 12.2 Å². The fourth-order valence-electron chi connectivity index (χ4n) is 1.50. The molecule has 0 bridgehead atoms. The molecular weight excluding hydrogens is 228 g/mol. The van der Waals surface area contributed by atoms with Gasteiger partial charge in [-0.2, -0.15) is 11.8 Å². The maximum absolute atomic E-state index is 11.8. The van der Waals surface area contributed by atoms with E-state index in [4.69, 9.17) is 4.74 Å². The predicted octanol–water partition coefficient (Wildman–Crippen LogP) is 2.61. The smallest absolute Gasteiger partial charge is 0.146 e. The predicted molar refractivity (Wildman–Crippen MR) is 68.9 cm³/mol. The van der Waals surface area contributed by atoms with Gasteiger partial charge in [0.25, 0.3) is 0 Å². The highest BCUT2D eigenvalue weighted by atomic mass is 32.2. The van der Waals surface area contributed by atoms with Crippen LogP contribution in [0.4, 0.5) is 0 Å². The molecule has 0 N–H and O–H groups in total. The number of methoxy groups -OCH3 is 1. The third-order valence-electron chi connectivity index (χ3n) is 2.68. The highest BCUT2D eigenvalue weighted by molar-refractivity contribution is 8.08. The van der Waals surface area contributed by atoms with E-state index in [1.165, 1.54) is 0 Å². The monoisotopic (exact) mass is 248 g/mol. The second-order valence-corrected chi connectivity index (χ2v) is 6.93. The number of Topliss-reactive ketones (excluding diaryl/α,β-unsaturated/α-hetero) is 1. The summed E-state index contributed by atoms with van der Waals surface area (Å²) in [6.07, 6.45) is 1.54. The van der Waals surface area contributed by atoms with Crippen LogP contribution in [-0.2, 0) is 9.53 Å². The lowest BCUT2D eigenvalue weighted by molar-refractivity contribution is -0.118. The number of ether oxygens (including phenoxy) is 1. The standard InChI is InChI=1S/C11H20O2S2/c1-8-9(2)15-11(7-14-8)10(12)5-4-6-13-3/h8-9,11H,4-7H2,1-3H3. The van der Waals surface area contributed by atoms with Gasteiger partial charge in [0, 0.05) is 36.4 Å². The molecule has 0 aromatic carbocycles. The molecular formula is C11H20O2S2. The zero-order chi connectivity index (χ0) is 11.3. The van der Waals surface area contributed by atoms with Crippen molar-refractivity contribution in [1.29, 1.82) is 0 Å². The van der Waals surface area contributed by atoms with E-state index in [1.54, 1.807) is 7.11 Å². The second-order valence-electron chi connectivity index (χ2n) is 3.93. The summed E-state index contributed by atoms with van der Waals surface area (Å²) in [6.45, 7) is 5.16. The van der Waals surface area contributed by atoms with Crippen molar-refractivity contribution in [2.24, 2.45) is 0 Å². The molecule has 0 spiro atoms. The number of thioether (sulfide) groups is 2. The normalized spacial score (nSPS) is 31.5. The maximum Gasteiger partial charge on any atom is 0.146 e. The molecule has 3 unspecified atom stereocenters. The van der Waals surface area contributed by atoms with Crippen LogP contribution in [0.3, 0.4) is 0 Å². The molecule has 0 aromatic rings. The lowest BCUT2D eigenvalue weighted by Gasteiger charge is -2.30. The second kappa shape index (κ2) is 6.81. The quantitative estimate of drug-likeness (QED) is 0.699. The van der Waals surface area contributed by atoms with Crippen molar-refractivity contribution in [3.63, 3.8) is 0 Å². The van der Waals surface area contributed by atoms with E-state index >= 15 is 0 Å². The molecule has 1 fully saturated rings. The number of hydrogen-bond acceptors (Lipinski definition) is 4. The lowest BCUT2D eigenvalue weighted by atomic mass is 10.2. The van der Waals surface area contributed by atoms with Crippen molar-refractivity contribution in [2.75, 3.05) is 19.5 Å². The fourth-order valence-corrected chi connectivity index (χ4v) is 4.43. The molecule has 4 heteroatoms. The Bertz CT molecular complexity index is 209. The molecule has 0 amide bonds. The van der Waals surface area contributed by atoms with Crippen LogP contribution >= 0.6 is 23.5 Å². The van der Waals surface area contributed by atoms with Gasteiger partial charge in [0.1, 0.15) is 5.78 Å². The van der Waals surface area contributed by atoms with Crippen LogP contribution in [0.2, 0.25) is 0 Å². The number of hydrogen-bond donors (Lipinski definition) is 0. The van der Waals surface area contributed by atoms with Crippen LogP contribution in [0.15, 0.2) is 0 Å². The van der Waals surface area contributed by atoms with Gasteiger partial charge in [-0.15, -0.1) is 11.8 Å². The number of carbonyl (C=O) groups is 1. The molecule has 1 aliphatic rings. The molecule has 0 radical (unpaired) electrons. The summed E-state index contributed by atoms with van der Waals surface area (Å²) in [4.78, 5) is 11.8. The third kappa shape index (κ3) is 4.37. The van der Waals surface area contributed by atoms with Crippen molar-refractivity contribution < 1.29 is 9.53 Å². The van der Waals surface area contributed by atoms with E-state index in [2.05, 4.69) is 13.8 Å². The van der Waals surface area contributed by atoms with E-state index in [0.29, 0.717) is 29.3 Å². The average Bonchev–Trinajstić information content (AvgIpc) is 2.22. The first kappa shape index (κ1) is 13.4. The first-order valence-corrected chi connectivity index (χ1v) is 7.43. The van der Waals surface area contributed by atoms with Crippen molar-refractivity contribution >= 4 is 29.3 Å². The topological polar surface area (TPSA) is 26.3 Å². The minimum absolute atomic E-state index is 0.220. The summed E-state index contributed by atoms with van der Waals surface area (Å²) < 4.78 is 4.95.